The Labute approximate surface area is 103 Å². The maximum absolute atomic E-state index is 6.02. The highest BCUT2D eigenvalue weighted by atomic mass is 35.5. The predicted octanol–water partition coefficient (Wildman–Crippen LogP) is 1.69. The normalized spacial score (nSPS) is 24.7. The smallest absolute Gasteiger partial charge is 0.238 e. The molecule has 2 unspecified atom stereocenters. The molecule has 2 heterocycles. The number of aromatic nitrogens is 2. The lowest BCUT2D eigenvalue weighted by atomic mass is 10.3. The van der Waals surface area contributed by atoms with Crippen LogP contribution in [0.25, 0.3) is 0 Å². The molecule has 7 heteroatoms. The first-order valence-electron chi connectivity index (χ1n) is 4.98. The molecule has 1 aromatic heterocycles. The van der Waals surface area contributed by atoms with E-state index in [0.717, 1.165) is 18.1 Å². The van der Waals surface area contributed by atoms with E-state index in [0.29, 0.717) is 16.2 Å². The highest BCUT2D eigenvalue weighted by Crippen LogP contribution is 2.35. The molecule has 3 N–H and O–H groups in total. The van der Waals surface area contributed by atoms with Gasteiger partial charge in [0, 0.05) is 11.9 Å². The number of anilines is 1. The molecule has 2 atom stereocenters. The van der Waals surface area contributed by atoms with Crippen molar-refractivity contribution in [2.75, 3.05) is 12.0 Å². The Morgan fingerprint density at radius 2 is 2.50 bits per heavy atom. The molecule has 88 valence electrons. The summed E-state index contributed by atoms with van der Waals surface area (Å²) < 4.78 is 5.49. The fraction of sp³-hybridized carbons (Fsp3) is 0.556. The van der Waals surface area contributed by atoms with Crippen LogP contribution in [0.15, 0.2) is 11.2 Å². The van der Waals surface area contributed by atoms with Gasteiger partial charge >= 0.3 is 0 Å². The molecule has 1 fully saturated rings. The van der Waals surface area contributed by atoms with Crippen LogP contribution < -0.4 is 11.3 Å². The standard InChI is InChI=1S/C9H13ClN4OS/c1-5-7(2-3-15-5)16-8-6(10)4-12-9(13-8)14-11/h4-5,7H,2-3,11H2,1H3,(H,12,13,14). The maximum atomic E-state index is 6.02. The van der Waals surface area contributed by atoms with Gasteiger partial charge in [-0.15, -0.1) is 0 Å². The molecule has 0 spiro atoms. The van der Waals surface area contributed by atoms with Crippen molar-refractivity contribution in [3.8, 4) is 0 Å². The molecule has 0 amide bonds. The fourth-order valence-corrected chi connectivity index (χ4v) is 2.81. The Bertz CT molecular complexity index is 379. The van der Waals surface area contributed by atoms with Crippen molar-refractivity contribution in [1.29, 1.82) is 0 Å². The van der Waals surface area contributed by atoms with E-state index in [1.54, 1.807) is 18.0 Å². The molecule has 0 radical (unpaired) electrons. The van der Waals surface area contributed by atoms with Gasteiger partial charge in [-0.25, -0.2) is 15.8 Å². The zero-order chi connectivity index (χ0) is 11.5. The van der Waals surface area contributed by atoms with Crippen molar-refractivity contribution >= 4 is 29.3 Å². The summed E-state index contributed by atoms with van der Waals surface area (Å²) in [5, 5.41) is 1.67. The SMILES string of the molecule is CC1OCCC1Sc1nc(NN)ncc1Cl. The quantitative estimate of drug-likeness (QED) is 0.489. The first-order chi connectivity index (χ1) is 7.70. The van der Waals surface area contributed by atoms with Crippen LogP contribution in [0.5, 0.6) is 0 Å². The topological polar surface area (TPSA) is 73.1 Å². The van der Waals surface area contributed by atoms with Crippen LogP contribution in [-0.4, -0.2) is 27.9 Å². The monoisotopic (exact) mass is 260 g/mol. The fourth-order valence-electron chi connectivity index (χ4n) is 1.51. The molecule has 0 aromatic carbocycles. The second kappa shape index (κ2) is 5.18. The number of rotatable bonds is 3. The van der Waals surface area contributed by atoms with Gasteiger partial charge < -0.3 is 4.74 Å². The Morgan fingerprint density at radius 1 is 1.69 bits per heavy atom. The number of nitrogens with one attached hydrogen (secondary N) is 1. The minimum atomic E-state index is 0.227. The summed E-state index contributed by atoms with van der Waals surface area (Å²) in [7, 11) is 0. The van der Waals surface area contributed by atoms with Gasteiger partial charge in [0.2, 0.25) is 5.95 Å². The average molecular weight is 261 g/mol. The molecule has 0 saturated carbocycles. The van der Waals surface area contributed by atoms with E-state index in [1.165, 1.54) is 0 Å². The van der Waals surface area contributed by atoms with Crippen LogP contribution >= 0.6 is 23.4 Å². The Morgan fingerprint density at radius 3 is 3.12 bits per heavy atom. The zero-order valence-electron chi connectivity index (χ0n) is 8.81. The van der Waals surface area contributed by atoms with Gasteiger partial charge in [-0.2, -0.15) is 0 Å². The third-order valence-corrected chi connectivity index (χ3v) is 4.26. The number of nitrogens with zero attached hydrogens (tertiary/aromatic N) is 2. The largest absolute Gasteiger partial charge is 0.377 e. The van der Waals surface area contributed by atoms with E-state index in [4.69, 9.17) is 22.2 Å². The molecular weight excluding hydrogens is 248 g/mol. The van der Waals surface area contributed by atoms with Crippen molar-refractivity contribution in [2.45, 2.75) is 29.7 Å². The average Bonchev–Trinajstić information content (AvgIpc) is 2.68. The summed E-state index contributed by atoms with van der Waals surface area (Å²) in [6.45, 7) is 2.85. The van der Waals surface area contributed by atoms with Gasteiger partial charge in [0.25, 0.3) is 0 Å². The van der Waals surface area contributed by atoms with Crippen LogP contribution in [0.4, 0.5) is 5.95 Å². The first kappa shape index (κ1) is 11.9. The van der Waals surface area contributed by atoms with E-state index in [2.05, 4.69) is 22.3 Å². The van der Waals surface area contributed by atoms with Crippen LogP contribution in [-0.2, 0) is 4.74 Å². The minimum Gasteiger partial charge on any atom is -0.377 e. The number of halogens is 1. The highest BCUT2D eigenvalue weighted by molar-refractivity contribution is 8.00. The lowest BCUT2D eigenvalue weighted by molar-refractivity contribution is 0.127. The number of thioether (sulfide) groups is 1. The second-order valence-electron chi connectivity index (χ2n) is 3.51. The van der Waals surface area contributed by atoms with Crippen molar-refractivity contribution in [1.82, 2.24) is 9.97 Å². The van der Waals surface area contributed by atoms with Crippen LogP contribution in [0.2, 0.25) is 5.02 Å². The number of ether oxygens (including phenoxy) is 1. The van der Waals surface area contributed by atoms with E-state index in [-0.39, 0.29) is 6.10 Å². The van der Waals surface area contributed by atoms with Gasteiger partial charge in [-0.1, -0.05) is 23.4 Å². The minimum absolute atomic E-state index is 0.227. The van der Waals surface area contributed by atoms with Crippen molar-refractivity contribution in [3.05, 3.63) is 11.2 Å². The van der Waals surface area contributed by atoms with Gasteiger partial charge in [0.1, 0.15) is 5.03 Å². The second-order valence-corrected chi connectivity index (χ2v) is 5.15. The summed E-state index contributed by atoms with van der Waals surface area (Å²) in [5.74, 6) is 5.63. The molecule has 1 aliphatic rings. The molecule has 0 aliphatic carbocycles. The number of hydrogen-bond donors (Lipinski definition) is 2. The van der Waals surface area contributed by atoms with E-state index < -0.39 is 0 Å². The number of nitrogen functional groups attached to an aromatic ring is 1. The van der Waals surface area contributed by atoms with E-state index in [1.807, 2.05) is 0 Å². The van der Waals surface area contributed by atoms with Crippen LogP contribution in [0.3, 0.4) is 0 Å². The number of hydrogen-bond acceptors (Lipinski definition) is 6. The molecule has 1 aromatic rings. The third-order valence-electron chi connectivity index (χ3n) is 2.41. The summed E-state index contributed by atoms with van der Waals surface area (Å²) in [6.07, 6.45) is 2.79. The Balaban J connectivity index is 2.13. The molecule has 5 nitrogen and oxygen atoms in total. The van der Waals surface area contributed by atoms with Crippen molar-refractivity contribution in [2.24, 2.45) is 5.84 Å². The lowest BCUT2D eigenvalue weighted by Gasteiger charge is -2.13. The van der Waals surface area contributed by atoms with Gasteiger partial charge in [-0.3, -0.25) is 5.43 Å². The Hall–Kier alpha value is -0.560. The number of hydrazine groups is 1. The summed E-state index contributed by atoms with van der Waals surface area (Å²) in [6, 6.07) is 0. The third kappa shape index (κ3) is 2.57. The zero-order valence-corrected chi connectivity index (χ0v) is 10.4. The highest BCUT2D eigenvalue weighted by Gasteiger charge is 2.26. The predicted molar refractivity (Wildman–Crippen MR) is 64.5 cm³/mol. The summed E-state index contributed by atoms with van der Waals surface area (Å²) in [4.78, 5) is 8.14. The molecule has 2 rings (SSSR count). The Kier molecular flexibility index (Phi) is 3.86. The molecule has 1 saturated heterocycles. The molecular formula is C9H13ClN4OS. The molecule has 16 heavy (non-hydrogen) atoms. The van der Waals surface area contributed by atoms with Gasteiger partial charge in [-0.05, 0) is 13.3 Å². The summed E-state index contributed by atoms with van der Waals surface area (Å²) >= 11 is 7.64. The van der Waals surface area contributed by atoms with Gasteiger partial charge in [0.15, 0.2) is 0 Å². The van der Waals surface area contributed by atoms with Crippen LogP contribution in [0, 0.1) is 0 Å². The van der Waals surface area contributed by atoms with Gasteiger partial charge in [0.05, 0.1) is 17.3 Å². The van der Waals surface area contributed by atoms with E-state index in [9.17, 15) is 0 Å². The van der Waals surface area contributed by atoms with Crippen molar-refractivity contribution < 1.29 is 4.74 Å². The molecule has 1 aliphatic heterocycles. The lowest BCUT2D eigenvalue weighted by Crippen LogP contribution is -2.14. The maximum Gasteiger partial charge on any atom is 0.238 e. The van der Waals surface area contributed by atoms with Crippen LogP contribution in [0.1, 0.15) is 13.3 Å². The first-order valence-corrected chi connectivity index (χ1v) is 6.24. The van der Waals surface area contributed by atoms with Crippen molar-refractivity contribution in [3.63, 3.8) is 0 Å². The number of nitrogens with two attached hydrogens (primary N) is 1. The van der Waals surface area contributed by atoms with E-state index >= 15 is 0 Å². The summed E-state index contributed by atoms with van der Waals surface area (Å²) in [5.41, 5.74) is 2.41. The molecule has 0 bridgehead atoms.